The smallest absolute Gasteiger partial charge is 0.286 e. The maximum atomic E-state index is 15.5. The molecule has 7 heteroatoms. The van der Waals surface area contributed by atoms with Crippen molar-refractivity contribution in [3.63, 3.8) is 0 Å². The lowest BCUT2D eigenvalue weighted by atomic mass is 10.00. The molecule has 1 aromatic carbocycles. The zero-order valence-corrected chi connectivity index (χ0v) is 16.5. The van der Waals surface area contributed by atoms with E-state index in [-0.39, 0.29) is 29.3 Å². The number of anilines is 1. The normalized spacial score (nSPS) is 27.8. The van der Waals surface area contributed by atoms with E-state index in [0.717, 1.165) is 11.4 Å². The van der Waals surface area contributed by atoms with Crippen LogP contribution in [-0.4, -0.2) is 53.5 Å². The van der Waals surface area contributed by atoms with E-state index < -0.39 is 0 Å². The third-order valence-corrected chi connectivity index (χ3v) is 6.45. The van der Waals surface area contributed by atoms with Gasteiger partial charge < -0.3 is 9.64 Å². The highest BCUT2D eigenvalue weighted by Gasteiger charge is 2.36. The zero-order valence-electron chi connectivity index (χ0n) is 15.7. The average Bonchev–Trinajstić information content (AvgIpc) is 3.16. The Morgan fingerprint density at radius 3 is 2.56 bits per heavy atom. The van der Waals surface area contributed by atoms with E-state index in [9.17, 15) is 9.59 Å². The van der Waals surface area contributed by atoms with Crippen molar-refractivity contribution < 1.29 is 18.7 Å². The molecule has 1 amide bonds. The van der Waals surface area contributed by atoms with Gasteiger partial charge >= 0.3 is 0 Å². The summed E-state index contributed by atoms with van der Waals surface area (Å²) in [6.07, 6.45) is 2.98. The first-order chi connectivity index (χ1) is 12.9. The molecule has 1 aromatic rings. The highest BCUT2D eigenvalue weighted by atomic mass is 32.2. The van der Waals surface area contributed by atoms with E-state index in [1.807, 2.05) is 31.7 Å². The van der Waals surface area contributed by atoms with Crippen LogP contribution in [0, 0.1) is 5.82 Å². The first kappa shape index (κ1) is 18.5. The second kappa shape index (κ2) is 6.95. The fraction of sp³-hybridized carbons (Fsp3) is 0.500. The van der Waals surface area contributed by atoms with Gasteiger partial charge in [-0.15, -0.1) is 0 Å². The Hall–Kier alpha value is -1.86. The van der Waals surface area contributed by atoms with E-state index >= 15 is 4.39 Å². The molecule has 2 aliphatic heterocycles. The highest BCUT2D eigenvalue weighted by Crippen LogP contribution is 2.41. The summed E-state index contributed by atoms with van der Waals surface area (Å²) in [6, 6.07) is 1.80. The summed E-state index contributed by atoms with van der Waals surface area (Å²) in [4.78, 5) is 27.7. The maximum absolute atomic E-state index is 15.5. The first-order valence-corrected chi connectivity index (χ1v) is 10.3. The third kappa shape index (κ3) is 3.06. The van der Waals surface area contributed by atoms with Crippen LogP contribution in [0.3, 0.4) is 0 Å². The van der Waals surface area contributed by atoms with Crippen LogP contribution < -0.4 is 4.90 Å². The van der Waals surface area contributed by atoms with Gasteiger partial charge in [-0.3, -0.25) is 14.5 Å². The molecular formula is C20H23FN2O3S. The van der Waals surface area contributed by atoms with E-state index in [0.29, 0.717) is 48.2 Å². The molecule has 27 heavy (non-hydrogen) atoms. The number of carbonyl (C=O) groups is 2. The zero-order chi connectivity index (χ0) is 19.3. The highest BCUT2D eigenvalue weighted by molar-refractivity contribution is 8.13. The number of allylic oxidation sites excluding steroid dienone is 1. The number of ether oxygens (including phenoxy) is 1. The van der Waals surface area contributed by atoms with Crippen LogP contribution in [-0.2, 0) is 11.2 Å². The fourth-order valence-corrected chi connectivity index (χ4v) is 5.24. The molecule has 2 heterocycles. The molecule has 0 saturated carbocycles. The van der Waals surface area contributed by atoms with E-state index in [2.05, 4.69) is 0 Å². The number of morpholine rings is 1. The number of aldehydes is 1. The summed E-state index contributed by atoms with van der Waals surface area (Å²) in [7, 11) is 0. The van der Waals surface area contributed by atoms with Crippen molar-refractivity contribution in [1.29, 1.82) is 0 Å². The van der Waals surface area contributed by atoms with Gasteiger partial charge in [0.25, 0.3) is 5.24 Å². The SMILES string of the molecule is C[C@@H]1CN(c2c(C=O)cc3c(c2F)CC=C3N2C(=O)SC[C@H]2C)C[C@@H](C)O1. The van der Waals surface area contributed by atoms with Gasteiger partial charge in [0.05, 0.1) is 17.9 Å². The van der Waals surface area contributed by atoms with Crippen LogP contribution >= 0.6 is 11.8 Å². The average molecular weight is 390 g/mol. The Labute approximate surface area is 162 Å². The van der Waals surface area contributed by atoms with Gasteiger partial charge in [-0.1, -0.05) is 17.8 Å². The van der Waals surface area contributed by atoms with Gasteiger partial charge in [-0.2, -0.15) is 0 Å². The fourth-order valence-electron chi connectivity index (χ4n) is 4.29. The predicted molar refractivity (Wildman–Crippen MR) is 105 cm³/mol. The number of hydrogen-bond acceptors (Lipinski definition) is 5. The minimum absolute atomic E-state index is 0.0189. The summed E-state index contributed by atoms with van der Waals surface area (Å²) in [6.45, 7) is 6.97. The van der Waals surface area contributed by atoms with Crippen LogP contribution in [0.25, 0.3) is 5.70 Å². The summed E-state index contributed by atoms with van der Waals surface area (Å²) in [5.41, 5.74) is 2.64. The van der Waals surface area contributed by atoms with Gasteiger partial charge in [-0.25, -0.2) is 4.39 Å². The maximum Gasteiger partial charge on any atom is 0.286 e. The Balaban J connectivity index is 1.76. The lowest BCUT2D eigenvalue weighted by molar-refractivity contribution is -0.00544. The van der Waals surface area contributed by atoms with Crippen molar-refractivity contribution >= 4 is 34.7 Å². The van der Waals surface area contributed by atoms with Gasteiger partial charge in [0.1, 0.15) is 0 Å². The van der Waals surface area contributed by atoms with Crippen molar-refractivity contribution in [2.24, 2.45) is 0 Å². The monoisotopic (exact) mass is 390 g/mol. The Morgan fingerprint density at radius 1 is 1.26 bits per heavy atom. The molecule has 0 aromatic heterocycles. The van der Waals surface area contributed by atoms with Gasteiger partial charge in [0.2, 0.25) is 0 Å². The molecule has 1 aliphatic carbocycles. The topological polar surface area (TPSA) is 49.9 Å². The number of halogens is 1. The van der Waals surface area contributed by atoms with E-state index in [1.165, 1.54) is 11.8 Å². The molecular weight excluding hydrogens is 367 g/mol. The van der Waals surface area contributed by atoms with Crippen molar-refractivity contribution in [3.8, 4) is 0 Å². The molecule has 3 aliphatic rings. The molecule has 0 radical (unpaired) electrons. The number of rotatable bonds is 3. The van der Waals surface area contributed by atoms with Gasteiger partial charge in [0.15, 0.2) is 12.1 Å². The molecule has 3 atom stereocenters. The van der Waals surface area contributed by atoms with Crippen molar-refractivity contribution in [2.45, 2.75) is 45.4 Å². The number of amides is 1. The van der Waals surface area contributed by atoms with Crippen LogP contribution in [0.5, 0.6) is 0 Å². The van der Waals surface area contributed by atoms with Crippen LogP contribution in [0.1, 0.15) is 42.3 Å². The van der Waals surface area contributed by atoms with Crippen LogP contribution in [0.15, 0.2) is 12.1 Å². The van der Waals surface area contributed by atoms with Crippen molar-refractivity contribution in [1.82, 2.24) is 4.90 Å². The Morgan fingerprint density at radius 2 is 1.96 bits per heavy atom. The summed E-state index contributed by atoms with van der Waals surface area (Å²) in [5, 5.41) is -0.0189. The second-order valence-electron chi connectivity index (χ2n) is 7.52. The number of fused-ring (bicyclic) bond motifs is 1. The van der Waals surface area contributed by atoms with Gasteiger partial charge in [0, 0.05) is 47.3 Å². The molecule has 144 valence electrons. The van der Waals surface area contributed by atoms with Crippen molar-refractivity contribution in [3.05, 3.63) is 34.6 Å². The lowest BCUT2D eigenvalue weighted by Crippen LogP contribution is -2.46. The summed E-state index contributed by atoms with van der Waals surface area (Å²) >= 11 is 1.28. The largest absolute Gasteiger partial charge is 0.372 e. The van der Waals surface area contributed by atoms with Crippen LogP contribution in [0.2, 0.25) is 0 Å². The molecule has 0 spiro atoms. The first-order valence-electron chi connectivity index (χ1n) is 9.28. The standard InChI is InChI=1S/C20H23FN2O3S/c1-11-10-27-20(25)23(11)17-5-4-15-16(17)6-14(9-24)19(18(15)21)22-7-12(2)26-13(3)8-22/h5-6,9,11-13H,4,7-8,10H2,1-3H3/t11-,12-,13-/m1/s1. The minimum atomic E-state index is -0.353. The number of thioether (sulfide) groups is 1. The Bertz CT molecular complexity index is 831. The molecule has 2 saturated heterocycles. The number of nitrogens with zero attached hydrogens (tertiary/aromatic N) is 2. The third-order valence-electron chi connectivity index (χ3n) is 5.35. The Kier molecular flexibility index (Phi) is 4.76. The molecule has 0 N–H and O–H groups in total. The predicted octanol–water partition coefficient (Wildman–Crippen LogP) is 3.71. The molecule has 5 nitrogen and oxygen atoms in total. The molecule has 4 rings (SSSR count). The molecule has 0 unspecified atom stereocenters. The number of hydrogen-bond donors (Lipinski definition) is 0. The number of benzene rings is 1. The van der Waals surface area contributed by atoms with E-state index in [1.54, 1.807) is 11.0 Å². The molecule has 0 bridgehead atoms. The van der Waals surface area contributed by atoms with E-state index in [4.69, 9.17) is 4.74 Å². The van der Waals surface area contributed by atoms with Gasteiger partial charge in [-0.05, 0) is 33.3 Å². The quantitative estimate of drug-likeness (QED) is 0.737. The van der Waals surface area contributed by atoms with Crippen molar-refractivity contribution in [2.75, 3.05) is 23.7 Å². The lowest BCUT2D eigenvalue weighted by Gasteiger charge is -2.38. The minimum Gasteiger partial charge on any atom is -0.372 e. The summed E-state index contributed by atoms with van der Waals surface area (Å²) in [5.74, 6) is 0.366. The summed E-state index contributed by atoms with van der Waals surface area (Å²) < 4.78 is 21.3. The number of carbonyl (C=O) groups excluding carboxylic acids is 2. The molecule has 2 fully saturated rings. The second-order valence-corrected chi connectivity index (χ2v) is 8.50. The van der Waals surface area contributed by atoms with Crippen LogP contribution in [0.4, 0.5) is 14.9 Å².